The molecule has 16 heavy (non-hydrogen) atoms. The Morgan fingerprint density at radius 3 is 2.50 bits per heavy atom. The molecule has 0 aromatic heterocycles. The van der Waals surface area contributed by atoms with Crippen LogP contribution in [0.4, 0.5) is 0 Å². The van der Waals surface area contributed by atoms with Crippen LogP contribution in [-0.2, 0) is 0 Å². The lowest BCUT2D eigenvalue weighted by Crippen LogP contribution is -2.51. The highest BCUT2D eigenvalue weighted by atomic mass is 15.2. The first-order chi connectivity index (χ1) is 7.68. The number of nitrogens with one attached hydrogen (secondary N) is 1. The van der Waals surface area contributed by atoms with Crippen molar-refractivity contribution in [2.24, 2.45) is 5.92 Å². The molecular weight excluding hydrogens is 196 g/mol. The Morgan fingerprint density at radius 1 is 1.06 bits per heavy atom. The van der Waals surface area contributed by atoms with Gasteiger partial charge in [0.1, 0.15) is 0 Å². The second kappa shape index (κ2) is 5.50. The van der Waals surface area contributed by atoms with Crippen LogP contribution in [0.3, 0.4) is 0 Å². The topological polar surface area (TPSA) is 15.3 Å². The Morgan fingerprint density at radius 2 is 1.81 bits per heavy atom. The van der Waals surface area contributed by atoms with Crippen LogP contribution >= 0.6 is 0 Å². The van der Waals surface area contributed by atoms with Crippen molar-refractivity contribution in [3.05, 3.63) is 0 Å². The molecule has 0 spiro atoms. The molecule has 1 N–H and O–H groups in total. The summed E-state index contributed by atoms with van der Waals surface area (Å²) in [6.07, 6.45) is 8.43. The quantitative estimate of drug-likeness (QED) is 0.776. The average Bonchev–Trinajstić information content (AvgIpc) is 2.29. The third kappa shape index (κ3) is 2.78. The lowest BCUT2D eigenvalue weighted by molar-refractivity contribution is 0.0734. The highest BCUT2D eigenvalue weighted by Crippen LogP contribution is 2.30. The van der Waals surface area contributed by atoms with Gasteiger partial charge in [-0.15, -0.1) is 0 Å². The molecule has 4 atom stereocenters. The van der Waals surface area contributed by atoms with Gasteiger partial charge in [0.2, 0.25) is 0 Å². The van der Waals surface area contributed by atoms with E-state index >= 15 is 0 Å². The van der Waals surface area contributed by atoms with Gasteiger partial charge in [0.25, 0.3) is 0 Å². The lowest BCUT2D eigenvalue weighted by Gasteiger charge is -2.43. The summed E-state index contributed by atoms with van der Waals surface area (Å²) < 4.78 is 0. The van der Waals surface area contributed by atoms with E-state index in [1.807, 2.05) is 0 Å². The van der Waals surface area contributed by atoms with Crippen LogP contribution in [0.25, 0.3) is 0 Å². The standard InChI is InChI=1S/C14H28N2/c1-11-6-4-5-7-14(11)16(3)13-8-9-15-12(2)10-13/h11-15H,4-10H2,1-3H3. The molecule has 0 bridgehead atoms. The van der Waals surface area contributed by atoms with Crippen LogP contribution in [0, 0.1) is 5.92 Å². The molecule has 0 aromatic rings. The van der Waals surface area contributed by atoms with Gasteiger partial charge in [-0.2, -0.15) is 0 Å². The molecule has 1 heterocycles. The smallest absolute Gasteiger partial charge is 0.0122 e. The highest BCUT2D eigenvalue weighted by Gasteiger charge is 2.31. The largest absolute Gasteiger partial charge is 0.314 e. The normalized spacial score (nSPS) is 41.2. The fourth-order valence-corrected chi connectivity index (χ4v) is 3.65. The minimum atomic E-state index is 0.708. The fourth-order valence-electron chi connectivity index (χ4n) is 3.65. The first-order valence-electron chi connectivity index (χ1n) is 7.14. The van der Waals surface area contributed by atoms with Crippen molar-refractivity contribution in [2.45, 2.75) is 70.5 Å². The third-order valence-electron chi connectivity index (χ3n) is 4.76. The van der Waals surface area contributed by atoms with Gasteiger partial charge in [0.15, 0.2) is 0 Å². The van der Waals surface area contributed by atoms with E-state index in [4.69, 9.17) is 0 Å². The maximum absolute atomic E-state index is 3.55. The van der Waals surface area contributed by atoms with Gasteiger partial charge in [-0.3, -0.25) is 0 Å². The molecule has 2 heteroatoms. The monoisotopic (exact) mass is 224 g/mol. The molecule has 1 aliphatic heterocycles. The summed E-state index contributed by atoms with van der Waals surface area (Å²) in [6, 6.07) is 2.38. The second-order valence-corrected chi connectivity index (χ2v) is 6.03. The zero-order valence-electron chi connectivity index (χ0n) is 11.2. The minimum Gasteiger partial charge on any atom is -0.314 e. The summed E-state index contributed by atoms with van der Waals surface area (Å²) >= 11 is 0. The summed E-state index contributed by atoms with van der Waals surface area (Å²) in [5.74, 6) is 0.906. The molecule has 0 aromatic carbocycles. The van der Waals surface area contributed by atoms with Gasteiger partial charge >= 0.3 is 0 Å². The van der Waals surface area contributed by atoms with Crippen molar-refractivity contribution in [1.82, 2.24) is 10.2 Å². The molecule has 0 radical (unpaired) electrons. The van der Waals surface area contributed by atoms with Gasteiger partial charge < -0.3 is 10.2 Å². The fraction of sp³-hybridized carbons (Fsp3) is 1.00. The number of piperidine rings is 1. The molecule has 2 rings (SSSR count). The highest BCUT2D eigenvalue weighted by molar-refractivity contribution is 4.87. The zero-order chi connectivity index (χ0) is 11.5. The van der Waals surface area contributed by atoms with E-state index in [9.17, 15) is 0 Å². The number of hydrogen-bond acceptors (Lipinski definition) is 2. The Bertz CT molecular complexity index is 217. The lowest BCUT2D eigenvalue weighted by atomic mass is 9.83. The Hall–Kier alpha value is -0.0800. The van der Waals surface area contributed by atoms with Gasteiger partial charge in [-0.25, -0.2) is 0 Å². The van der Waals surface area contributed by atoms with E-state index in [1.54, 1.807) is 0 Å². The van der Waals surface area contributed by atoms with E-state index in [2.05, 4.69) is 31.1 Å². The number of rotatable bonds is 2. The predicted molar refractivity (Wildman–Crippen MR) is 69.7 cm³/mol. The summed E-state index contributed by atoms with van der Waals surface area (Å²) in [4.78, 5) is 2.71. The summed E-state index contributed by atoms with van der Waals surface area (Å²) in [5.41, 5.74) is 0. The maximum Gasteiger partial charge on any atom is 0.0122 e. The van der Waals surface area contributed by atoms with Crippen LogP contribution in [0.2, 0.25) is 0 Å². The van der Waals surface area contributed by atoms with Gasteiger partial charge in [-0.05, 0) is 52.1 Å². The van der Waals surface area contributed by atoms with Crippen molar-refractivity contribution in [1.29, 1.82) is 0 Å². The van der Waals surface area contributed by atoms with Gasteiger partial charge in [0, 0.05) is 18.1 Å². The van der Waals surface area contributed by atoms with Gasteiger partial charge in [-0.1, -0.05) is 19.8 Å². The van der Waals surface area contributed by atoms with Crippen LogP contribution in [0.1, 0.15) is 52.4 Å². The molecule has 1 aliphatic carbocycles. The van der Waals surface area contributed by atoms with E-state index in [1.165, 1.54) is 45.1 Å². The van der Waals surface area contributed by atoms with Crippen LogP contribution in [0.15, 0.2) is 0 Å². The molecule has 2 aliphatic rings. The summed E-state index contributed by atoms with van der Waals surface area (Å²) in [5, 5.41) is 3.55. The molecule has 2 fully saturated rings. The molecule has 1 saturated carbocycles. The number of nitrogens with zero attached hydrogens (tertiary/aromatic N) is 1. The Kier molecular flexibility index (Phi) is 4.26. The SMILES string of the molecule is CC1CC(N(C)C2CCCCC2C)CCN1. The van der Waals surface area contributed by atoms with Crippen LogP contribution in [-0.4, -0.2) is 36.6 Å². The minimum absolute atomic E-state index is 0.708. The van der Waals surface area contributed by atoms with E-state index < -0.39 is 0 Å². The molecule has 94 valence electrons. The van der Waals surface area contributed by atoms with Crippen molar-refractivity contribution < 1.29 is 0 Å². The number of hydrogen-bond donors (Lipinski definition) is 1. The third-order valence-corrected chi connectivity index (χ3v) is 4.76. The summed E-state index contributed by atoms with van der Waals surface area (Å²) in [6.45, 7) is 5.98. The van der Waals surface area contributed by atoms with Crippen molar-refractivity contribution in [3.8, 4) is 0 Å². The van der Waals surface area contributed by atoms with Crippen molar-refractivity contribution in [3.63, 3.8) is 0 Å². The van der Waals surface area contributed by atoms with E-state index in [-0.39, 0.29) is 0 Å². The first kappa shape index (κ1) is 12.4. The Balaban J connectivity index is 1.91. The molecule has 2 nitrogen and oxygen atoms in total. The molecule has 0 amide bonds. The average molecular weight is 224 g/mol. The Labute approximate surface area is 101 Å². The van der Waals surface area contributed by atoms with Crippen molar-refractivity contribution >= 4 is 0 Å². The van der Waals surface area contributed by atoms with Crippen molar-refractivity contribution in [2.75, 3.05) is 13.6 Å². The van der Waals surface area contributed by atoms with E-state index in [0.717, 1.165) is 18.0 Å². The first-order valence-corrected chi connectivity index (χ1v) is 7.14. The maximum atomic E-state index is 3.55. The van der Waals surface area contributed by atoms with Gasteiger partial charge in [0.05, 0.1) is 0 Å². The molecular formula is C14H28N2. The van der Waals surface area contributed by atoms with Crippen LogP contribution in [0.5, 0.6) is 0 Å². The molecule has 1 saturated heterocycles. The summed E-state index contributed by atoms with van der Waals surface area (Å²) in [7, 11) is 2.37. The van der Waals surface area contributed by atoms with E-state index in [0.29, 0.717) is 6.04 Å². The zero-order valence-corrected chi connectivity index (χ0v) is 11.2. The molecule has 4 unspecified atom stereocenters. The second-order valence-electron chi connectivity index (χ2n) is 6.03. The predicted octanol–water partition coefficient (Wildman–Crippen LogP) is 2.64. The van der Waals surface area contributed by atoms with Crippen LogP contribution < -0.4 is 5.32 Å².